The zero-order valence-electron chi connectivity index (χ0n) is 23.3. The molecule has 42 heavy (non-hydrogen) atoms. The van der Waals surface area contributed by atoms with Crippen molar-refractivity contribution in [3.05, 3.63) is 140 Å². The van der Waals surface area contributed by atoms with Gasteiger partial charge in [-0.3, -0.25) is 0 Å². The molecule has 0 spiro atoms. The van der Waals surface area contributed by atoms with Gasteiger partial charge in [0, 0.05) is 58.0 Å². The van der Waals surface area contributed by atoms with E-state index in [9.17, 15) is 0 Å². The molecule has 0 saturated heterocycles. The van der Waals surface area contributed by atoms with Crippen molar-refractivity contribution in [1.82, 2.24) is 9.97 Å². The van der Waals surface area contributed by atoms with E-state index in [1.165, 1.54) is 33.5 Å². The van der Waals surface area contributed by atoms with Crippen LogP contribution in [-0.2, 0) is 20.1 Å². The Morgan fingerprint density at radius 1 is 0.595 bits per heavy atom. The van der Waals surface area contributed by atoms with Gasteiger partial charge in [0.1, 0.15) is 0 Å². The molecular formula is C36H27BIrN4-2. The Balaban J connectivity index is 0.000000205. The standard InChI is InChI=1S/C25H19BN3.C11H8N.Ir/c1-28-21-12-5-3-9-18(21)26-19-10-4-6-13-22(19)29(2)24-16-17(15-23(28)25(24)26)20-11-7-8-14-27-20;1-2-6-10(7-3-1)11-8-4-5-9-12-11;/h3-15H,1-2H3;1-6,8-9H;/q2*-1;. The van der Waals surface area contributed by atoms with Crippen molar-refractivity contribution >= 4 is 45.9 Å². The van der Waals surface area contributed by atoms with Gasteiger partial charge < -0.3 is 19.8 Å². The fourth-order valence-corrected chi connectivity index (χ4v) is 5.93. The number of aromatic nitrogens is 2. The van der Waals surface area contributed by atoms with Gasteiger partial charge in [0.05, 0.1) is 0 Å². The third-order valence-electron chi connectivity index (χ3n) is 7.86. The van der Waals surface area contributed by atoms with Gasteiger partial charge in [0.2, 0.25) is 0 Å². The van der Waals surface area contributed by atoms with E-state index in [2.05, 4.69) is 107 Å². The molecule has 0 fully saturated rings. The summed E-state index contributed by atoms with van der Waals surface area (Å²) < 4.78 is 0. The topological polar surface area (TPSA) is 32.3 Å². The van der Waals surface area contributed by atoms with E-state index in [0.29, 0.717) is 0 Å². The number of benzene rings is 4. The van der Waals surface area contributed by atoms with E-state index in [-0.39, 0.29) is 26.8 Å². The first kappa shape index (κ1) is 27.7. The molecule has 4 aromatic carbocycles. The third-order valence-corrected chi connectivity index (χ3v) is 7.86. The van der Waals surface area contributed by atoms with Crippen LogP contribution in [0.15, 0.2) is 128 Å². The summed E-state index contributed by atoms with van der Waals surface area (Å²) in [5, 5.41) is 0. The normalized spacial score (nSPS) is 12.2. The number of para-hydroxylation sites is 2. The van der Waals surface area contributed by atoms with Gasteiger partial charge in [0.15, 0.2) is 6.71 Å². The van der Waals surface area contributed by atoms with E-state index >= 15 is 0 Å². The minimum Gasteiger partial charge on any atom is -0.363 e. The second kappa shape index (κ2) is 11.8. The Kier molecular flexibility index (Phi) is 7.75. The summed E-state index contributed by atoms with van der Waals surface area (Å²) in [7, 11) is 4.30. The van der Waals surface area contributed by atoms with E-state index in [4.69, 9.17) is 0 Å². The minimum absolute atomic E-state index is 0. The SMILES string of the molecule is CN1c2[c-]c(-c3ccccn3)cc3c2B(c2ccccc21)c1ccccc1N3C.[Ir].[c-]1ccccc1-c1ccccn1. The number of fused-ring (bicyclic) bond motifs is 4. The number of hydrogen-bond donors (Lipinski definition) is 0. The number of anilines is 4. The van der Waals surface area contributed by atoms with Gasteiger partial charge in [-0.05, 0) is 47.0 Å². The van der Waals surface area contributed by atoms with Crippen LogP contribution in [0.25, 0.3) is 22.5 Å². The number of rotatable bonds is 2. The zero-order chi connectivity index (χ0) is 27.8. The van der Waals surface area contributed by atoms with Crippen molar-refractivity contribution in [2.75, 3.05) is 23.9 Å². The molecule has 205 valence electrons. The molecule has 4 nitrogen and oxygen atoms in total. The Morgan fingerprint density at radius 2 is 1.17 bits per heavy atom. The fourth-order valence-electron chi connectivity index (χ4n) is 5.93. The molecule has 6 heteroatoms. The summed E-state index contributed by atoms with van der Waals surface area (Å²) in [6, 6.07) is 46.3. The number of nitrogens with zero attached hydrogens (tertiary/aromatic N) is 4. The predicted octanol–water partition coefficient (Wildman–Crippen LogP) is 5.77. The summed E-state index contributed by atoms with van der Waals surface area (Å²) in [6.07, 6.45) is 3.63. The van der Waals surface area contributed by atoms with E-state index in [1.54, 1.807) is 6.20 Å². The second-order valence-electron chi connectivity index (χ2n) is 10.2. The molecule has 0 saturated carbocycles. The van der Waals surface area contributed by atoms with Gasteiger partial charge in [-0.25, -0.2) is 0 Å². The first-order valence-corrected chi connectivity index (χ1v) is 13.8. The van der Waals surface area contributed by atoms with Gasteiger partial charge >= 0.3 is 0 Å². The Morgan fingerprint density at radius 3 is 1.76 bits per heavy atom. The first-order valence-electron chi connectivity index (χ1n) is 13.8. The first-order chi connectivity index (χ1) is 20.2. The van der Waals surface area contributed by atoms with E-state index in [0.717, 1.165) is 28.2 Å². The second-order valence-corrected chi connectivity index (χ2v) is 10.2. The largest absolute Gasteiger partial charge is 0.363 e. The van der Waals surface area contributed by atoms with Crippen molar-refractivity contribution in [3.8, 4) is 22.5 Å². The molecule has 0 bridgehead atoms. The fraction of sp³-hybridized carbons (Fsp3) is 0.0556. The predicted molar refractivity (Wildman–Crippen MR) is 171 cm³/mol. The summed E-state index contributed by atoms with van der Waals surface area (Å²) in [6.45, 7) is 0.217. The van der Waals surface area contributed by atoms with E-state index in [1.807, 2.05) is 60.8 Å². The molecule has 0 atom stereocenters. The van der Waals surface area contributed by atoms with Crippen molar-refractivity contribution in [2.24, 2.45) is 0 Å². The van der Waals surface area contributed by atoms with Crippen LogP contribution in [0.1, 0.15) is 0 Å². The third kappa shape index (κ3) is 4.83. The maximum atomic E-state index is 4.58. The summed E-state index contributed by atoms with van der Waals surface area (Å²) in [5.41, 5.74) is 12.9. The average Bonchev–Trinajstić information content (AvgIpc) is 3.06. The summed E-state index contributed by atoms with van der Waals surface area (Å²) in [4.78, 5) is 13.4. The molecule has 2 aliphatic rings. The van der Waals surface area contributed by atoms with Gasteiger partial charge in [-0.15, -0.1) is 53.6 Å². The molecule has 0 unspecified atom stereocenters. The van der Waals surface area contributed by atoms with Crippen LogP contribution in [0.5, 0.6) is 0 Å². The Labute approximate surface area is 261 Å². The van der Waals surface area contributed by atoms with Crippen molar-refractivity contribution < 1.29 is 20.1 Å². The maximum Gasteiger partial charge on any atom is 0.200 e. The molecule has 0 aliphatic carbocycles. The average molecular weight is 719 g/mol. The smallest absolute Gasteiger partial charge is 0.200 e. The molecule has 1 radical (unpaired) electrons. The minimum atomic E-state index is 0. The molecule has 2 aromatic heterocycles. The van der Waals surface area contributed by atoms with Crippen LogP contribution in [0, 0.1) is 12.1 Å². The Bertz CT molecular complexity index is 1720. The van der Waals surface area contributed by atoms with E-state index < -0.39 is 0 Å². The van der Waals surface area contributed by atoms with Crippen LogP contribution in [-0.4, -0.2) is 30.8 Å². The van der Waals surface area contributed by atoms with Gasteiger partial charge in [0.25, 0.3) is 0 Å². The van der Waals surface area contributed by atoms with Gasteiger partial charge in [-0.1, -0.05) is 77.1 Å². The van der Waals surface area contributed by atoms with Crippen molar-refractivity contribution in [3.63, 3.8) is 0 Å². The summed E-state index contributed by atoms with van der Waals surface area (Å²) >= 11 is 0. The molecule has 8 rings (SSSR count). The molecule has 2 aliphatic heterocycles. The molecule has 0 amide bonds. The van der Waals surface area contributed by atoms with Crippen LogP contribution >= 0.6 is 0 Å². The number of hydrogen-bond acceptors (Lipinski definition) is 4. The molecule has 6 aromatic rings. The zero-order valence-corrected chi connectivity index (χ0v) is 25.7. The Hall–Kier alpha value is -4.51. The van der Waals surface area contributed by atoms with Crippen molar-refractivity contribution in [1.29, 1.82) is 0 Å². The van der Waals surface area contributed by atoms with Gasteiger partial charge in [-0.2, -0.15) is 0 Å². The molecule has 4 heterocycles. The van der Waals surface area contributed by atoms with Crippen LogP contribution < -0.4 is 26.2 Å². The summed E-state index contributed by atoms with van der Waals surface area (Å²) in [5.74, 6) is 0. The maximum absolute atomic E-state index is 4.58. The van der Waals surface area contributed by atoms with Crippen LogP contribution in [0.4, 0.5) is 22.7 Å². The van der Waals surface area contributed by atoms with Crippen LogP contribution in [0.3, 0.4) is 0 Å². The quantitative estimate of drug-likeness (QED) is 0.168. The molecule has 0 N–H and O–H groups in total. The van der Waals surface area contributed by atoms with Crippen LogP contribution in [0.2, 0.25) is 0 Å². The molecular weight excluding hydrogens is 691 g/mol. The number of pyridine rings is 2. The van der Waals surface area contributed by atoms with Crippen molar-refractivity contribution in [2.45, 2.75) is 0 Å². The monoisotopic (exact) mass is 719 g/mol.